The molecule has 0 saturated carbocycles. The standard InChI is InChI=1S/C26H44N4O/c1-23(2,3)13-18-19(14-24(4,5)6)31-20-16-29-21(17(15-27-29)25(7,8)9)28-22(20)30(18)26(10,11)12/h15-16,18-19H,13-14H2,1-12H3/t18-,19+/m1/s1. The van der Waals surface area contributed by atoms with Crippen molar-refractivity contribution in [2.75, 3.05) is 4.90 Å². The monoisotopic (exact) mass is 428 g/mol. The highest BCUT2D eigenvalue weighted by molar-refractivity contribution is 5.63. The van der Waals surface area contributed by atoms with E-state index in [4.69, 9.17) is 9.72 Å². The van der Waals surface area contributed by atoms with Crippen LogP contribution in [-0.2, 0) is 5.41 Å². The van der Waals surface area contributed by atoms with Crippen LogP contribution in [-0.4, -0.2) is 32.3 Å². The molecule has 2 atom stereocenters. The maximum Gasteiger partial charge on any atom is 0.180 e. The van der Waals surface area contributed by atoms with E-state index in [-0.39, 0.29) is 33.9 Å². The summed E-state index contributed by atoms with van der Waals surface area (Å²) in [6.45, 7) is 27.4. The first kappa shape index (κ1) is 23.9. The Bertz CT molecular complexity index is 932. The molecule has 0 saturated heterocycles. The number of anilines is 1. The number of hydrogen-bond donors (Lipinski definition) is 0. The normalized spacial score (nSPS) is 20.7. The molecule has 0 bridgehead atoms. The zero-order valence-corrected chi connectivity index (χ0v) is 21.9. The molecule has 5 heteroatoms. The lowest BCUT2D eigenvalue weighted by Gasteiger charge is -2.51. The van der Waals surface area contributed by atoms with Gasteiger partial charge in [0.05, 0.1) is 18.4 Å². The second-order valence-electron chi connectivity index (χ2n) is 13.8. The molecule has 3 heterocycles. The van der Waals surface area contributed by atoms with E-state index in [0.717, 1.165) is 35.6 Å². The first-order valence-electron chi connectivity index (χ1n) is 11.7. The van der Waals surface area contributed by atoms with Crippen LogP contribution in [0.3, 0.4) is 0 Å². The van der Waals surface area contributed by atoms with Gasteiger partial charge in [0, 0.05) is 11.1 Å². The van der Waals surface area contributed by atoms with E-state index in [0.29, 0.717) is 0 Å². The Morgan fingerprint density at radius 3 is 1.94 bits per heavy atom. The molecule has 0 spiro atoms. The van der Waals surface area contributed by atoms with Crippen molar-refractivity contribution in [2.45, 2.75) is 119 Å². The van der Waals surface area contributed by atoms with Crippen molar-refractivity contribution in [1.29, 1.82) is 0 Å². The van der Waals surface area contributed by atoms with Crippen molar-refractivity contribution < 1.29 is 4.74 Å². The highest BCUT2D eigenvalue weighted by Gasteiger charge is 2.45. The molecule has 0 unspecified atom stereocenters. The number of nitrogens with zero attached hydrogens (tertiary/aromatic N) is 4. The smallest absolute Gasteiger partial charge is 0.180 e. The van der Waals surface area contributed by atoms with Gasteiger partial charge in [-0.15, -0.1) is 0 Å². The Hall–Kier alpha value is -1.78. The fraction of sp³-hybridized carbons (Fsp3) is 0.769. The molecule has 0 aliphatic carbocycles. The largest absolute Gasteiger partial charge is 0.483 e. The number of rotatable bonds is 2. The fourth-order valence-corrected chi connectivity index (χ4v) is 4.68. The van der Waals surface area contributed by atoms with E-state index in [1.807, 2.05) is 16.9 Å². The Morgan fingerprint density at radius 1 is 0.871 bits per heavy atom. The molecule has 174 valence electrons. The average molecular weight is 429 g/mol. The van der Waals surface area contributed by atoms with Crippen molar-refractivity contribution >= 4 is 11.5 Å². The van der Waals surface area contributed by atoms with E-state index >= 15 is 0 Å². The lowest BCUT2D eigenvalue weighted by Crippen LogP contribution is -2.59. The summed E-state index contributed by atoms with van der Waals surface area (Å²) in [6, 6.07) is 0.252. The van der Waals surface area contributed by atoms with Crippen LogP contribution in [0.25, 0.3) is 5.65 Å². The number of hydrogen-bond acceptors (Lipinski definition) is 4. The summed E-state index contributed by atoms with van der Waals surface area (Å²) in [7, 11) is 0. The van der Waals surface area contributed by atoms with Crippen molar-refractivity contribution in [3.8, 4) is 5.75 Å². The van der Waals surface area contributed by atoms with Crippen LogP contribution in [0.5, 0.6) is 5.75 Å². The van der Waals surface area contributed by atoms with E-state index < -0.39 is 0 Å². The van der Waals surface area contributed by atoms with E-state index in [1.165, 1.54) is 0 Å². The van der Waals surface area contributed by atoms with Crippen LogP contribution in [0.4, 0.5) is 5.82 Å². The maximum absolute atomic E-state index is 6.73. The Kier molecular flexibility index (Phi) is 5.69. The topological polar surface area (TPSA) is 42.7 Å². The van der Waals surface area contributed by atoms with Crippen molar-refractivity contribution in [3.63, 3.8) is 0 Å². The third-order valence-electron chi connectivity index (χ3n) is 5.87. The molecule has 2 aromatic heterocycles. The van der Waals surface area contributed by atoms with Crippen molar-refractivity contribution in [2.24, 2.45) is 10.8 Å². The van der Waals surface area contributed by atoms with Gasteiger partial charge in [-0.3, -0.25) is 0 Å². The summed E-state index contributed by atoms with van der Waals surface area (Å²) in [6.07, 6.45) is 6.12. The second-order valence-corrected chi connectivity index (χ2v) is 13.8. The van der Waals surface area contributed by atoms with Crippen LogP contribution in [0.2, 0.25) is 0 Å². The molecular weight excluding hydrogens is 384 g/mol. The molecule has 0 amide bonds. The minimum absolute atomic E-state index is 0.0232. The summed E-state index contributed by atoms with van der Waals surface area (Å²) < 4.78 is 8.62. The third kappa shape index (κ3) is 5.18. The molecule has 0 radical (unpaired) electrons. The quantitative estimate of drug-likeness (QED) is 0.538. The van der Waals surface area contributed by atoms with Gasteiger partial charge in [-0.25, -0.2) is 9.50 Å². The first-order valence-corrected chi connectivity index (χ1v) is 11.7. The minimum atomic E-state index is -0.0855. The number of fused-ring (bicyclic) bond motifs is 2. The van der Waals surface area contributed by atoms with Crippen molar-refractivity contribution in [1.82, 2.24) is 14.6 Å². The van der Waals surface area contributed by atoms with Crippen LogP contribution in [0, 0.1) is 10.8 Å². The van der Waals surface area contributed by atoms with E-state index in [2.05, 4.69) is 93.1 Å². The van der Waals surface area contributed by atoms with Crippen LogP contribution >= 0.6 is 0 Å². The summed E-state index contributed by atoms with van der Waals surface area (Å²) in [4.78, 5) is 7.74. The summed E-state index contributed by atoms with van der Waals surface area (Å²) in [5.74, 6) is 1.79. The van der Waals surface area contributed by atoms with Crippen LogP contribution in [0.1, 0.15) is 101 Å². The van der Waals surface area contributed by atoms with Gasteiger partial charge in [-0.2, -0.15) is 5.10 Å². The molecule has 1 aliphatic heterocycles. The average Bonchev–Trinajstić information content (AvgIpc) is 2.92. The molecule has 3 rings (SSSR count). The zero-order valence-electron chi connectivity index (χ0n) is 21.9. The van der Waals surface area contributed by atoms with Crippen molar-refractivity contribution in [3.05, 3.63) is 18.0 Å². The summed E-state index contributed by atoms with van der Waals surface area (Å²) in [5.41, 5.74) is 2.33. The highest BCUT2D eigenvalue weighted by atomic mass is 16.5. The first-order chi connectivity index (χ1) is 13.9. The van der Waals surface area contributed by atoms with Gasteiger partial charge >= 0.3 is 0 Å². The van der Waals surface area contributed by atoms with Gasteiger partial charge in [0.25, 0.3) is 0 Å². The molecule has 2 aromatic rings. The third-order valence-corrected chi connectivity index (χ3v) is 5.87. The van der Waals surface area contributed by atoms with Gasteiger partial charge in [-0.05, 0) is 49.9 Å². The molecule has 0 N–H and O–H groups in total. The fourth-order valence-electron chi connectivity index (χ4n) is 4.68. The van der Waals surface area contributed by atoms with Crippen LogP contribution < -0.4 is 9.64 Å². The van der Waals surface area contributed by atoms with Gasteiger partial charge in [-0.1, -0.05) is 62.3 Å². The highest BCUT2D eigenvalue weighted by Crippen LogP contribution is 2.45. The van der Waals surface area contributed by atoms with E-state index in [9.17, 15) is 0 Å². The molecule has 1 aliphatic rings. The Morgan fingerprint density at radius 2 is 1.45 bits per heavy atom. The lowest BCUT2D eigenvalue weighted by atomic mass is 9.78. The Labute approximate surface area is 189 Å². The van der Waals surface area contributed by atoms with Crippen LogP contribution in [0.15, 0.2) is 12.4 Å². The predicted molar refractivity (Wildman–Crippen MR) is 130 cm³/mol. The molecule has 0 fully saturated rings. The Balaban J connectivity index is 2.23. The van der Waals surface area contributed by atoms with Gasteiger partial charge in [0.15, 0.2) is 17.2 Å². The van der Waals surface area contributed by atoms with Gasteiger partial charge in [0.2, 0.25) is 0 Å². The predicted octanol–water partition coefficient (Wildman–Crippen LogP) is 6.63. The zero-order chi connectivity index (χ0) is 23.6. The molecule has 5 nitrogen and oxygen atoms in total. The molecule has 0 aromatic carbocycles. The maximum atomic E-state index is 6.73. The van der Waals surface area contributed by atoms with Gasteiger partial charge < -0.3 is 9.64 Å². The van der Waals surface area contributed by atoms with Gasteiger partial charge in [0.1, 0.15) is 6.10 Å². The number of ether oxygens (including phenoxy) is 1. The summed E-state index contributed by atoms with van der Waals surface area (Å²) in [5, 5.41) is 4.61. The van der Waals surface area contributed by atoms with E-state index in [1.54, 1.807) is 0 Å². The minimum Gasteiger partial charge on any atom is -0.483 e. The second kappa shape index (κ2) is 7.38. The summed E-state index contributed by atoms with van der Waals surface area (Å²) >= 11 is 0. The SMILES string of the molecule is CC(C)(C)C[C@@H]1Oc2cn3ncc(C(C)(C)C)c3nc2N(C(C)(C)C)[C@@H]1CC(C)(C)C. The lowest BCUT2D eigenvalue weighted by molar-refractivity contribution is 0.0761. The molecular formula is C26H44N4O. The molecule has 31 heavy (non-hydrogen) atoms. The number of aromatic nitrogens is 3.